The highest BCUT2D eigenvalue weighted by Gasteiger charge is 2.28. The Hall–Kier alpha value is -19.7. The van der Waals surface area contributed by atoms with Crippen LogP contribution in [-0.2, 0) is 0 Å². The van der Waals surface area contributed by atoms with Crippen molar-refractivity contribution in [2.45, 2.75) is 0 Å². The minimum atomic E-state index is 0.688. The Kier molecular flexibility index (Phi) is 21.0. The first kappa shape index (κ1) is 84.6. The van der Waals surface area contributed by atoms with Crippen LogP contribution in [0.1, 0.15) is 0 Å². The van der Waals surface area contributed by atoms with Crippen LogP contribution < -0.4 is 0 Å². The van der Waals surface area contributed by atoms with Crippen molar-refractivity contribution >= 4 is 141 Å². The van der Waals surface area contributed by atoms with Crippen LogP contribution in [0.5, 0.6) is 0 Å². The van der Waals surface area contributed by atoms with E-state index >= 15 is 0 Å². The fraction of sp³-hybridized carbons (Fsp3) is 0. The molecule has 19 aromatic carbocycles. The van der Waals surface area contributed by atoms with Gasteiger partial charge in [-0.3, -0.25) is 4.98 Å². The number of benzene rings is 19. The fourth-order valence-electron chi connectivity index (χ4n) is 21.3. The molecule has 0 atom stereocenters. The third-order valence-corrected chi connectivity index (χ3v) is 28.0. The topological polar surface area (TPSA) is 131 Å². The largest absolute Gasteiger partial charge is 0.307 e. The smallest absolute Gasteiger partial charge is 0.160 e. The van der Waals surface area contributed by atoms with Crippen LogP contribution >= 0.6 is 0 Å². The lowest BCUT2D eigenvalue weighted by atomic mass is 9.98. The number of pyridine rings is 5. The highest BCUT2D eigenvalue weighted by molar-refractivity contribution is 6.32. The summed E-state index contributed by atoms with van der Waals surface area (Å²) >= 11 is 0. The maximum absolute atomic E-state index is 5.41. The molecule has 0 amide bonds. The van der Waals surface area contributed by atoms with Crippen molar-refractivity contribution in [3.8, 4) is 130 Å². The zero-order valence-electron chi connectivity index (χ0n) is 78.4. The van der Waals surface area contributed by atoms with E-state index in [4.69, 9.17) is 39.9 Å². The average molecular weight is 1850 g/mol. The molecule has 12 nitrogen and oxygen atoms in total. The molecule has 0 aliphatic carbocycles. The standard InChI is InChI=1S/2C47H30N4.C39H24N4/c1-4-15-32(16-5-1)40-30-41(50-47(49-40)35-19-8-3-9-20-35)33-24-27-36(28-25-33)51-42-23-13-12-22-38(42)44-43-37-21-11-10-14-31(37)26-29-39(43)48-45(46(44)51)34-17-6-2-7-18-34;1-4-15-32(16-5-1)40-30-41(33-17-6-2-7-18-33)50-47(49-40)35-24-27-36(28-25-35)51-42-23-13-12-22-38(42)44-43-37-21-11-10-14-31(37)26-29-39(43)48-45(46(44)51)34-19-8-3-9-20-34;1-2-9-26(10-3-1)38-39-35(30-12-4-6-14-33(30)42-38)31-13-5-7-15-34(31)43(39)29-21-18-25(19-22-29)32-23-20-28-17-16-27-11-8-24-40-36(27)37(28)41-32/h2*1-30H;1-24H. The lowest BCUT2D eigenvalue weighted by Gasteiger charge is -2.14. The van der Waals surface area contributed by atoms with E-state index in [0.717, 1.165) is 195 Å². The summed E-state index contributed by atoms with van der Waals surface area (Å²) in [5.41, 5.74) is 32.6. The number of hydrogen-bond donors (Lipinski definition) is 0. The summed E-state index contributed by atoms with van der Waals surface area (Å²) < 4.78 is 7.12. The molecule has 0 aliphatic heterocycles. The van der Waals surface area contributed by atoms with Crippen molar-refractivity contribution < 1.29 is 0 Å². The molecule has 0 bridgehead atoms. The molecule has 0 fully saturated rings. The Balaban J connectivity index is 0.000000108. The molecule has 0 radical (unpaired) electrons. The zero-order valence-corrected chi connectivity index (χ0v) is 78.4. The van der Waals surface area contributed by atoms with Crippen molar-refractivity contribution in [1.29, 1.82) is 0 Å². The SMILES string of the molecule is c1ccc(-c2cc(-c3ccc(-n4c5ccccc5c5c6c(ccc7ccccc76)nc(-c6ccccc6)c54)cc3)nc(-c3ccccc3)n2)cc1.c1ccc(-c2cc(-c3ccccc3)nc(-c3ccc(-n4c5ccccc5c5c6c(ccc7ccccc76)nc(-c6ccccc6)c54)cc3)n2)cc1.c1ccc(-c2nc3ccccc3c3c4ccccc4n(-c4ccc(-c5ccc6ccc7cccnc7c6n5)cc4)c23)cc1. The Morgan fingerprint density at radius 3 is 0.869 bits per heavy atom. The summed E-state index contributed by atoms with van der Waals surface area (Å²) in [5.74, 6) is 1.39. The Morgan fingerprint density at radius 1 is 0.159 bits per heavy atom. The average Bonchev–Trinajstić information content (AvgIpc) is 1.55. The van der Waals surface area contributed by atoms with Crippen molar-refractivity contribution in [3.63, 3.8) is 0 Å². The molecule has 12 heteroatoms. The molecule has 29 aromatic rings. The molecule has 10 aromatic heterocycles. The van der Waals surface area contributed by atoms with Gasteiger partial charge < -0.3 is 13.7 Å². The molecule has 0 unspecified atom stereocenters. The Bertz CT molecular complexity index is 9570. The summed E-state index contributed by atoms with van der Waals surface area (Å²) in [6.45, 7) is 0. The van der Waals surface area contributed by atoms with E-state index in [9.17, 15) is 0 Å². The van der Waals surface area contributed by atoms with Crippen LogP contribution in [0.4, 0.5) is 0 Å². The summed E-state index contributed by atoms with van der Waals surface area (Å²) in [6, 6.07) is 176. The first-order chi connectivity index (χ1) is 71.9. The Morgan fingerprint density at radius 2 is 0.448 bits per heavy atom. The van der Waals surface area contributed by atoms with Crippen LogP contribution in [0, 0.1) is 0 Å². The van der Waals surface area contributed by atoms with Crippen LogP contribution in [-0.4, -0.2) is 58.6 Å². The lowest BCUT2D eigenvalue weighted by Crippen LogP contribution is -1.99. The quantitative estimate of drug-likeness (QED) is 0.104. The van der Waals surface area contributed by atoms with E-state index < -0.39 is 0 Å². The number of hydrogen-bond acceptors (Lipinski definition) is 9. The van der Waals surface area contributed by atoms with E-state index in [2.05, 4.69) is 443 Å². The number of rotatable bonds is 13. The van der Waals surface area contributed by atoms with Crippen LogP contribution in [0.2, 0.25) is 0 Å². The molecule has 0 saturated carbocycles. The van der Waals surface area contributed by atoms with Gasteiger partial charge in [-0.2, -0.15) is 0 Å². The molecule has 10 heterocycles. The maximum atomic E-state index is 5.41. The van der Waals surface area contributed by atoms with Gasteiger partial charge >= 0.3 is 0 Å². The van der Waals surface area contributed by atoms with Gasteiger partial charge in [-0.05, 0) is 131 Å². The molecule has 676 valence electrons. The number of nitrogens with zero attached hydrogens (tertiary/aromatic N) is 12. The van der Waals surface area contributed by atoms with Gasteiger partial charge in [-0.1, -0.05) is 394 Å². The van der Waals surface area contributed by atoms with Gasteiger partial charge in [0.05, 0.1) is 106 Å². The van der Waals surface area contributed by atoms with Crippen molar-refractivity contribution in [3.05, 3.63) is 510 Å². The molecule has 0 N–H and O–H groups in total. The van der Waals surface area contributed by atoms with E-state index in [1.807, 2.05) is 85.1 Å². The molecule has 29 rings (SSSR count). The van der Waals surface area contributed by atoms with Crippen molar-refractivity contribution in [1.82, 2.24) is 58.6 Å². The molecule has 145 heavy (non-hydrogen) atoms. The van der Waals surface area contributed by atoms with Gasteiger partial charge in [0.1, 0.15) is 0 Å². The normalized spacial score (nSPS) is 11.6. The molecular formula is C133H84N12. The predicted octanol–water partition coefficient (Wildman–Crippen LogP) is 33.6. The summed E-state index contributed by atoms with van der Waals surface area (Å²) in [6.07, 6.45) is 1.83. The van der Waals surface area contributed by atoms with E-state index in [1.165, 1.54) is 64.6 Å². The van der Waals surface area contributed by atoms with Crippen molar-refractivity contribution in [2.24, 2.45) is 0 Å². The zero-order chi connectivity index (χ0) is 95.8. The highest BCUT2D eigenvalue weighted by Crippen LogP contribution is 2.49. The van der Waals surface area contributed by atoms with E-state index in [1.54, 1.807) is 0 Å². The summed E-state index contributed by atoms with van der Waals surface area (Å²) in [5, 5.41) is 17.8. The second kappa shape index (κ2) is 35.9. The predicted molar refractivity (Wildman–Crippen MR) is 599 cm³/mol. The number of para-hydroxylation sites is 4. The first-order valence-corrected chi connectivity index (χ1v) is 48.9. The second-order valence-electron chi connectivity index (χ2n) is 36.5. The van der Waals surface area contributed by atoms with Crippen molar-refractivity contribution in [2.75, 3.05) is 0 Å². The first-order valence-electron chi connectivity index (χ1n) is 48.9. The minimum absolute atomic E-state index is 0.688. The fourth-order valence-corrected chi connectivity index (χ4v) is 21.3. The Labute approximate surface area is 833 Å². The summed E-state index contributed by atoms with van der Waals surface area (Å²) in [7, 11) is 0. The van der Waals surface area contributed by atoms with Crippen LogP contribution in [0.25, 0.3) is 271 Å². The monoisotopic (exact) mass is 1850 g/mol. The third-order valence-electron chi connectivity index (χ3n) is 28.0. The van der Waals surface area contributed by atoms with Gasteiger partial charge in [-0.15, -0.1) is 0 Å². The van der Waals surface area contributed by atoms with Gasteiger partial charge in [0.25, 0.3) is 0 Å². The van der Waals surface area contributed by atoms with E-state index in [-0.39, 0.29) is 0 Å². The van der Waals surface area contributed by atoms with Gasteiger partial charge in [0.15, 0.2) is 11.6 Å². The van der Waals surface area contributed by atoms with Crippen LogP contribution in [0.3, 0.4) is 0 Å². The molecular weight excluding hydrogens is 1770 g/mol. The minimum Gasteiger partial charge on any atom is -0.307 e. The van der Waals surface area contributed by atoms with Gasteiger partial charge in [0, 0.05) is 138 Å². The van der Waals surface area contributed by atoms with Crippen LogP contribution in [0.15, 0.2) is 510 Å². The van der Waals surface area contributed by atoms with Gasteiger partial charge in [0.2, 0.25) is 0 Å². The maximum Gasteiger partial charge on any atom is 0.160 e. The third kappa shape index (κ3) is 15.1. The highest BCUT2D eigenvalue weighted by atomic mass is 15.0. The van der Waals surface area contributed by atoms with E-state index in [0.29, 0.717) is 11.6 Å². The second-order valence-corrected chi connectivity index (χ2v) is 36.5. The number of aromatic nitrogens is 12. The molecule has 0 aliphatic rings. The summed E-state index contributed by atoms with van der Waals surface area (Å²) in [4.78, 5) is 46.0. The number of fused-ring (bicyclic) bond motifs is 22. The van der Waals surface area contributed by atoms with Gasteiger partial charge in [-0.25, -0.2) is 39.9 Å². The molecule has 0 saturated heterocycles. The lowest BCUT2D eigenvalue weighted by molar-refractivity contribution is 1.16. The molecule has 0 spiro atoms.